The van der Waals surface area contributed by atoms with Crippen molar-refractivity contribution < 1.29 is 18.3 Å². The second kappa shape index (κ2) is 14.4. The molecule has 5 heterocycles. The Morgan fingerprint density at radius 2 is 1.94 bits per heavy atom. The molecule has 6 aromatic rings. The molecule has 2 atom stereocenters. The number of carbonyl (C=O) groups is 1. The van der Waals surface area contributed by atoms with Crippen molar-refractivity contribution in [3.63, 3.8) is 0 Å². The van der Waals surface area contributed by atoms with E-state index >= 15 is 0 Å². The van der Waals surface area contributed by atoms with E-state index in [9.17, 15) is 13.6 Å². The number of aryl methyl sites for hydroxylation is 1. The maximum Gasteiger partial charge on any atom is 0.245 e. The number of anilines is 2. The number of amides is 1. The molecule has 53 heavy (non-hydrogen) atoms. The van der Waals surface area contributed by atoms with Gasteiger partial charge in [0.15, 0.2) is 11.5 Å². The summed E-state index contributed by atoms with van der Waals surface area (Å²) < 4.78 is 38.7. The maximum absolute atomic E-state index is 14.9. The Balaban J connectivity index is 1.19. The summed E-state index contributed by atoms with van der Waals surface area (Å²) in [5.74, 6) is -0.389. The molecule has 270 valence electrons. The topological polar surface area (TPSA) is 133 Å². The highest BCUT2D eigenvalue weighted by atomic mass is 19.1. The zero-order chi connectivity index (χ0) is 36.5. The number of hydrogen-bond donors (Lipinski definition) is 1. The number of aliphatic imine (C=N–C) groups is 1. The molecule has 2 aliphatic rings. The van der Waals surface area contributed by atoms with Gasteiger partial charge in [0, 0.05) is 68.5 Å². The minimum atomic E-state index is -0.777. The van der Waals surface area contributed by atoms with Crippen LogP contribution in [0.5, 0.6) is 5.75 Å². The van der Waals surface area contributed by atoms with Gasteiger partial charge in [-0.3, -0.25) is 9.79 Å². The van der Waals surface area contributed by atoms with E-state index in [1.54, 1.807) is 25.8 Å². The molecule has 8 rings (SSSR count). The number of ether oxygens (including phenoxy) is 1. The van der Waals surface area contributed by atoms with Gasteiger partial charge in [-0.05, 0) is 60.7 Å². The fourth-order valence-electron chi connectivity index (χ4n) is 7.50. The van der Waals surface area contributed by atoms with Crippen molar-refractivity contribution in [1.82, 2.24) is 34.2 Å². The highest BCUT2D eigenvalue weighted by molar-refractivity contribution is 6.10. The van der Waals surface area contributed by atoms with Crippen molar-refractivity contribution in [2.45, 2.75) is 44.4 Å². The van der Waals surface area contributed by atoms with Crippen LogP contribution in [-0.2, 0) is 11.3 Å². The van der Waals surface area contributed by atoms with Crippen LogP contribution in [0.1, 0.15) is 31.2 Å². The molecule has 2 N–H and O–H groups in total. The summed E-state index contributed by atoms with van der Waals surface area (Å²) in [7, 11) is 1.78. The van der Waals surface area contributed by atoms with Gasteiger partial charge in [0.05, 0.1) is 24.5 Å². The molecule has 2 unspecified atom stereocenters. The van der Waals surface area contributed by atoms with Crippen molar-refractivity contribution in [2.24, 2.45) is 4.99 Å². The van der Waals surface area contributed by atoms with Crippen molar-refractivity contribution in [3.05, 3.63) is 109 Å². The molecule has 3 aromatic heterocycles. The van der Waals surface area contributed by atoms with E-state index in [4.69, 9.17) is 10.5 Å². The van der Waals surface area contributed by atoms with Gasteiger partial charge in [-0.2, -0.15) is 5.10 Å². The van der Waals surface area contributed by atoms with Gasteiger partial charge in [0.25, 0.3) is 0 Å². The van der Waals surface area contributed by atoms with Crippen molar-refractivity contribution >= 4 is 34.2 Å². The van der Waals surface area contributed by atoms with Crippen LogP contribution in [0.3, 0.4) is 0 Å². The normalized spacial score (nSPS) is 18.5. The number of rotatable bonds is 6. The van der Waals surface area contributed by atoms with E-state index in [1.807, 2.05) is 63.0 Å². The standard InChI is InChI=1S/C39H38F2N10O2/c1-43-33-10-4-15-49(16-5-14-48-17-13-44-24-48)39(52)35-20-28(53-27-7-2-6-25(18-27)29-8-3-9-32(42)36(29)33)22-50(35)37-30-21-47-51(38(30)46-23-45-37)34-12-11-26(40)19-31(34)41/h2-3,6-9,11-13,17-19,21,23-24,28,35H,4-5,10,14-16,20,22,42H2,1H3. The third-order valence-corrected chi connectivity index (χ3v) is 9.96. The minimum Gasteiger partial charge on any atom is -0.488 e. The molecule has 0 saturated carbocycles. The molecular formula is C39H38F2N10O2. The van der Waals surface area contributed by atoms with E-state index < -0.39 is 17.7 Å². The van der Waals surface area contributed by atoms with Crippen LogP contribution >= 0.6 is 0 Å². The van der Waals surface area contributed by atoms with E-state index in [-0.39, 0.29) is 17.7 Å². The lowest BCUT2D eigenvalue weighted by atomic mass is 9.93. The Bertz CT molecular complexity index is 2310. The number of nitrogen functional groups attached to an aromatic ring is 1. The van der Waals surface area contributed by atoms with Gasteiger partial charge >= 0.3 is 0 Å². The molecule has 1 amide bonds. The monoisotopic (exact) mass is 716 g/mol. The Kier molecular flexibility index (Phi) is 9.25. The lowest BCUT2D eigenvalue weighted by Crippen LogP contribution is -2.47. The van der Waals surface area contributed by atoms with Crippen LogP contribution in [0.25, 0.3) is 27.8 Å². The minimum absolute atomic E-state index is 0.0463. The molecule has 12 nitrogen and oxygen atoms in total. The lowest BCUT2D eigenvalue weighted by molar-refractivity contribution is -0.132. The number of benzene rings is 3. The average molecular weight is 717 g/mol. The molecule has 1 fully saturated rings. The summed E-state index contributed by atoms with van der Waals surface area (Å²) in [5, 5.41) is 4.95. The predicted molar refractivity (Wildman–Crippen MR) is 198 cm³/mol. The zero-order valence-corrected chi connectivity index (χ0v) is 29.1. The Hall–Kier alpha value is -6.18. The first-order valence-electron chi connectivity index (χ1n) is 17.6. The van der Waals surface area contributed by atoms with Gasteiger partial charge < -0.3 is 24.8 Å². The predicted octanol–water partition coefficient (Wildman–Crippen LogP) is 5.70. The molecule has 0 radical (unpaired) electrons. The number of hydrogen-bond acceptors (Lipinski definition) is 9. The van der Waals surface area contributed by atoms with E-state index in [2.05, 4.69) is 25.0 Å². The van der Waals surface area contributed by atoms with Crippen LogP contribution < -0.4 is 15.4 Å². The van der Waals surface area contributed by atoms with Crippen LogP contribution in [-0.4, -0.2) is 84.6 Å². The van der Waals surface area contributed by atoms with E-state index in [0.717, 1.165) is 34.9 Å². The molecule has 3 aromatic carbocycles. The third kappa shape index (κ3) is 6.67. The average Bonchev–Trinajstić information content (AvgIpc) is 3.93. The SMILES string of the molecule is CN=C1CCCN(CCCn2ccnc2)C(=O)C2CC(CN2c2ncnc3c2cnn3-c2ccc(F)cc2F)Oc2cccc(c2)-c2cccc(N)c21. The van der Waals surface area contributed by atoms with Gasteiger partial charge in [0.2, 0.25) is 5.91 Å². The summed E-state index contributed by atoms with van der Waals surface area (Å²) in [6, 6.07) is 16.4. The van der Waals surface area contributed by atoms with Crippen molar-refractivity contribution in [1.29, 1.82) is 0 Å². The molecule has 1 saturated heterocycles. The first-order chi connectivity index (χ1) is 25.9. The maximum atomic E-state index is 14.9. The first-order valence-corrected chi connectivity index (χ1v) is 17.6. The smallest absolute Gasteiger partial charge is 0.245 e. The van der Waals surface area contributed by atoms with Gasteiger partial charge in [-0.1, -0.05) is 24.3 Å². The number of carbonyl (C=O) groups excluding carboxylic acids is 1. The van der Waals surface area contributed by atoms with E-state index in [0.29, 0.717) is 73.7 Å². The van der Waals surface area contributed by atoms with Gasteiger partial charge in [-0.25, -0.2) is 28.4 Å². The highest BCUT2D eigenvalue weighted by Crippen LogP contribution is 2.36. The summed E-state index contributed by atoms with van der Waals surface area (Å²) in [6.45, 7) is 2.07. The summed E-state index contributed by atoms with van der Waals surface area (Å²) in [5.41, 5.74) is 11.3. The molecule has 0 aliphatic carbocycles. The molecular weight excluding hydrogens is 678 g/mol. The van der Waals surface area contributed by atoms with Crippen molar-refractivity contribution in [2.75, 3.05) is 37.3 Å². The largest absolute Gasteiger partial charge is 0.488 e. The summed E-state index contributed by atoms with van der Waals surface area (Å²) in [6.07, 6.45) is 10.4. The van der Waals surface area contributed by atoms with Crippen LogP contribution in [0.4, 0.5) is 20.3 Å². The Morgan fingerprint density at radius 1 is 1.06 bits per heavy atom. The molecule has 0 spiro atoms. The highest BCUT2D eigenvalue weighted by Gasteiger charge is 2.42. The second-order valence-corrected chi connectivity index (χ2v) is 13.3. The number of aromatic nitrogens is 6. The third-order valence-electron chi connectivity index (χ3n) is 9.96. The summed E-state index contributed by atoms with van der Waals surface area (Å²) in [4.78, 5) is 36.7. The van der Waals surface area contributed by atoms with Crippen LogP contribution in [0.15, 0.2) is 96.9 Å². The van der Waals surface area contributed by atoms with Crippen LogP contribution in [0.2, 0.25) is 0 Å². The Labute approximate surface area is 304 Å². The fraction of sp³-hybridized carbons (Fsp3) is 0.282. The zero-order valence-electron chi connectivity index (χ0n) is 29.1. The lowest BCUT2D eigenvalue weighted by Gasteiger charge is -2.31. The number of nitrogens with two attached hydrogens (primary N) is 1. The second-order valence-electron chi connectivity index (χ2n) is 13.3. The number of fused-ring (bicyclic) bond motifs is 7. The summed E-state index contributed by atoms with van der Waals surface area (Å²) >= 11 is 0. The van der Waals surface area contributed by atoms with Gasteiger partial charge in [0.1, 0.15) is 41.5 Å². The van der Waals surface area contributed by atoms with Gasteiger partial charge in [-0.15, -0.1) is 0 Å². The molecule has 2 aliphatic heterocycles. The molecule has 4 bridgehead atoms. The quantitative estimate of drug-likeness (QED) is 0.217. The molecule has 14 heteroatoms. The van der Waals surface area contributed by atoms with Crippen molar-refractivity contribution in [3.8, 4) is 22.6 Å². The fourth-order valence-corrected chi connectivity index (χ4v) is 7.50. The van der Waals surface area contributed by atoms with E-state index in [1.165, 1.54) is 23.1 Å². The Morgan fingerprint density at radius 3 is 2.77 bits per heavy atom. The number of imidazole rings is 1. The number of nitrogens with zero attached hydrogens (tertiary/aromatic N) is 9. The van der Waals surface area contributed by atoms with Crippen LogP contribution in [0, 0.1) is 11.6 Å². The number of halogens is 2. The first kappa shape index (κ1) is 33.9.